The molecular weight excluding hydrogens is 548 g/mol. The van der Waals surface area contributed by atoms with Gasteiger partial charge < -0.3 is 25.4 Å². The molecule has 1 aliphatic carbocycles. The highest BCUT2D eigenvalue weighted by molar-refractivity contribution is 7.12. The topological polar surface area (TPSA) is 97.1 Å². The molecule has 5 rings (SSSR count). The molecule has 1 saturated heterocycles. The van der Waals surface area contributed by atoms with Gasteiger partial charge in [-0.3, -0.25) is 14.5 Å². The minimum Gasteiger partial charge on any atom is -0.497 e. The number of rotatable bonds is 10. The number of ether oxygens (including phenoxy) is 2. The highest BCUT2D eigenvalue weighted by Gasteiger charge is 2.39. The number of nitrogens with one attached hydrogen (secondary N) is 1. The van der Waals surface area contributed by atoms with Crippen LogP contribution in [0.3, 0.4) is 0 Å². The van der Waals surface area contributed by atoms with Gasteiger partial charge in [-0.1, -0.05) is 30.3 Å². The number of benzene rings is 2. The molecule has 9 heteroatoms. The zero-order chi connectivity index (χ0) is 29.5. The van der Waals surface area contributed by atoms with Gasteiger partial charge in [-0.15, -0.1) is 11.3 Å². The predicted molar refractivity (Wildman–Crippen MR) is 166 cm³/mol. The highest BCUT2D eigenvalue weighted by Crippen LogP contribution is 2.29. The second kappa shape index (κ2) is 14.2. The van der Waals surface area contributed by atoms with Gasteiger partial charge in [-0.2, -0.15) is 0 Å². The van der Waals surface area contributed by atoms with E-state index in [-0.39, 0.29) is 29.9 Å². The van der Waals surface area contributed by atoms with E-state index in [2.05, 4.69) is 34.5 Å². The summed E-state index contributed by atoms with van der Waals surface area (Å²) in [5.41, 5.74) is 8.41. The molecule has 1 aromatic heterocycles. The van der Waals surface area contributed by atoms with Crippen molar-refractivity contribution in [3.63, 3.8) is 0 Å². The summed E-state index contributed by atoms with van der Waals surface area (Å²) >= 11 is 1.42. The predicted octanol–water partition coefficient (Wildman–Crippen LogP) is 4.83. The summed E-state index contributed by atoms with van der Waals surface area (Å²) in [6.07, 6.45) is 4.91. The maximum Gasteiger partial charge on any atom is 0.264 e. The molecule has 2 atom stereocenters. The number of thiophene rings is 1. The summed E-state index contributed by atoms with van der Waals surface area (Å²) in [5.74, 6) is 1.51. The van der Waals surface area contributed by atoms with Crippen LogP contribution in [0.5, 0.6) is 11.5 Å². The lowest BCUT2D eigenvalue weighted by atomic mass is 9.90. The van der Waals surface area contributed by atoms with Crippen molar-refractivity contribution in [3.8, 4) is 11.5 Å². The molecule has 224 valence electrons. The average Bonchev–Trinajstić information content (AvgIpc) is 3.57. The number of carbonyl (C=O) groups is 2. The number of amides is 2. The molecule has 1 saturated carbocycles. The Morgan fingerprint density at radius 1 is 0.929 bits per heavy atom. The van der Waals surface area contributed by atoms with Gasteiger partial charge in [0.2, 0.25) is 5.91 Å². The number of nitrogens with zero attached hydrogens (tertiary/aromatic N) is 2. The quantitative estimate of drug-likeness (QED) is 0.351. The van der Waals surface area contributed by atoms with Gasteiger partial charge in [0, 0.05) is 37.8 Å². The highest BCUT2D eigenvalue weighted by atomic mass is 32.1. The number of carbonyl (C=O) groups excluding carboxylic acids is 2. The van der Waals surface area contributed by atoms with E-state index >= 15 is 0 Å². The monoisotopic (exact) mass is 590 g/mol. The molecular formula is C33H42N4O4S. The minimum atomic E-state index is -0.544. The molecule has 1 aliphatic heterocycles. The first-order chi connectivity index (χ1) is 20.4. The molecule has 8 nitrogen and oxygen atoms in total. The van der Waals surface area contributed by atoms with Gasteiger partial charge in [-0.05, 0) is 85.4 Å². The van der Waals surface area contributed by atoms with Crippen LogP contribution < -0.4 is 20.5 Å². The number of nitrogens with two attached hydrogens (primary N) is 1. The van der Waals surface area contributed by atoms with Crippen molar-refractivity contribution in [2.24, 2.45) is 5.73 Å². The number of hydrogen-bond acceptors (Lipinski definition) is 7. The lowest BCUT2D eigenvalue weighted by molar-refractivity contribution is -0.128. The van der Waals surface area contributed by atoms with Crippen LogP contribution in [0.4, 0.5) is 0 Å². The number of likely N-dealkylation sites (tertiary alicyclic amines) is 1. The van der Waals surface area contributed by atoms with E-state index in [4.69, 9.17) is 15.2 Å². The Kier molecular flexibility index (Phi) is 10.2. The van der Waals surface area contributed by atoms with Gasteiger partial charge in [0.15, 0.2) is 0 Å². The van der Waals surface area contributed by atoms with Crippen molar-refractivity contribution in [3.05, 3.63) is 82.0 Å². The van der Waals surface area contributed by atoms with E-state index in [9.17, 15) is 9.59 Å². The lowest BCUT2D eigenvalue weighted by Crippen LogP contribution is -2.58. The molecule has 0 spiro atoms. The fourth-order valence-corrected chi connectivity index (χ4v) is 6.84. The van der Waals surface area contributed by atoms with E-state index in [1.165, 1.54) is 11.3 Å². The van der Waals surface area contributed by atoms with Crippen LogP contribution in [0.15, 0.2) is 66.0 Å². The van der Waals surface area contributed by atoms with Gasteiger partial charge in [-0.25, -0.2) is 0 Å². The van der Waals surface area contributed by atoms with Crippen LogP contribution in [-0.4, -0.2) is 66.5 Å². The average molecular weight is 591 g/mol. The van der Waals surface area contributed by atoms with Crippen LogP contribution in [0, 0.1) is 0 Å². The van der Waals surface area contributed by atoms with E-state index in [0.29, 0.717) is 30.9 Å². The molecule has 3 aromatic rings. The van der Waals surface area contributed by atoms with Gasteiger partial charge in [0.05, 0.1) is 19.1 Å². The second-order valence-electron chi connectivity index (χ2n) is 11.4. The summed E-state index contributed by atoms with van der Waals surface area (Å²) in [6.45, 7) is 1.92. The second-order valence-corrected chi connectivity index (χ2v) is 12.3. The third-order valence-corrected chi connectivity index (χ3v) is 9.43. The Bertz CT molecular complexity index is 1310. The van der Waals surface area contributed by atoms with Crippen molar-refractivity contribution in [1.82, 2.24) is 15.1 Å². The van der Waals surface area contributed by atoms with Crippen molar-refractivity contribution in [2.75, 3.05) is 20.8 Å². The Morgan fingerprint density at radius 3 is 2.36 bits per heavy atom. The van der Waals surface area contributed by atoms with Gasteiger partial charge in [0.25, 0.3) is 5.91 Å². The maximum atomic E-state index is 13.9. The molecule has 1 unspecified atom stereocenters. The van der Waals surface area contributed by atoms with Crippen LogP contribution >= 0.6 is 11.3 Å². The summed E-state index contributed by atoms with van der Waals surface area (Å²) in [5, 5.41) is 5.20. The normalized spacial score (nSPS) is 22.5. The molecule has 2 aliphatic rings. The fourth-order valence-electron chi connectivity index (χ4n) is 6.16. The Morgan fingerprint density at radius 2 is 1.67 bits per heavy atom. The van der Waals surface area contributed by atoms with Crippen molar-refractivity contribution >= 4 is 23.2 Å². The third-order valence-electron chi connectivity index (χ3n) is 8.57. The summed E-state index contributed by atoms with van der Waals surface area (Å²) < 4.78 is 10.9. The zero-order valence-electron chi connectivity index (χ0n) is 24.5. The van der Waals surface area contributed by atoms with E-state index in [0.717, 1.165) is 54.7 Å². The van der Waals surface area contributed by atoms with Crippen molar-refractivity contribution in [1.29, 1.82) is 0 Å². The molecule has 0 radical (unpaired) electrons. The summed E-state index contributed by atoms with van der Waals surface area (Å²) in [7, 11) is 3.35. The van der Waals surface area contributed by atoms with E-state index in [1.807, 2.05) is 41.8 Å². The standard InChI is InChI=1S/C33H42N4O4S/c1-40-28-14-8-23(9-15-28)21-36(22-24-5-3-6-29(19-24)41-2)27-16-17-37(33(39)31-7-4-18-42-31)30(20-27)32(38)35-26-12-10-25(34)11-13-26/h3-9,14-15,18-19,25-27,30H,10-13,16-17,20-22,34H2,1-2H3,(H,35,38)/t25?,26?,27?,30-/m1/s1. The lowest BCUT2D eigenvalue weighted by Gasteiger charge is -2.43. The Balaban J connectivity index is 1.39. The first-order valence-corrected chi connectivity index (χ1v) is 15.7. The molecule has 2 fully saturated rings. The largest absolute Gasteiger partial charge is 0.497 e. The smallest absolute Gasteiger partial charge is 0.264 e. The molecule has 3 N–H and O–H groups in total. The molecule has 0 bridgehead atoms. The fraction of sp³-hybridized carbons (Fsp3) is 0.455. The Labute approximate surface area is 252 Å². The molecule has 2 aromatic carbocycles. The first-order valence-electron chi connectivity index (χ1n) is 14.8. The molecule has 2 amide bonds. The SMILES string of the molecule is COc1ccc(CN(Cc2cccc(OC)c2)C2CCN(C(=O)c3cccs3)[C@@H](C(=O)NC3CCC(N)CC3)C2)cc1. The number of methoxy groups -OCH3 is 2. The summed E-state index contributed by atoms with van der Waals surface area (Å²) in [4.78, 5) is 32.4. The number of hydrogen-bond donors (Lipinski definition) is 2. The van der Waals surface area contributed by atoms with E-state index in [1.54, 1.807) is 19.1 Å². The van der Waals surface area contributed by atoms with Gasteiger partial charge in [0.1, 0.15) is 17.5 Å². The maximum absolute atomic E-state index is 13.9. The number of piperidine rings is 1. The van der Waals surface area contributed by atoms with Crippen LogP contribution in [0.1, 0.15) is 59.3 Å². The minimum absolute atomic E-state index is 0.0594. The zero-order valence-corrected chi connectivity index (χ0v) is 25.4. The third kappa shape index (κ3) is 7.51. The summed E-state index contributed by atoms with van der Waals surface area (Å²) in [6, 6.07) is 19.9. The molecule has 2 heterocycles. The van der Waals surface area contributed by atoms with Crippen molar-refractivity contribution < 1.29 is 19.1 Å². The molecule has 42 heavy (non-hydrogen) atoms. The van der Waals surface area contributed by atoms with Crippen LogP contribution in [0.2, 0.25) is 0 Å². The van der Waals surface area contributed by atoms with Crippen LogP contribution in [-0.2, 0) is 17.9 Å². The first kappa shape index (κ1) is 30.1. The van der Waals surface area contributed by atoms with E-state index < -0.39 is 6.04 Å². The van der Waals surface area contributed by atoms with Crippen molar-refractivity contribution in [2.45, 2.75) is 75.8 Å². The van der Waals surface area contributed by atoms with Gasteiger partial charge >= 0.3 is 0 Å². The Hall–Kier alpha value is -3.40. The van der Waals surface area contributed by atoms with Crippen LogP contribution in [0.25, 0.3) is 0 Å².